The highest BCUT2D eigenvalue weighted by Gasteiger charge is 2.13. The summed E-state index contributed by atoms with van der Waals surface area (Å²) < 4.78 is 0. The number of thiophene rings is 1. The van der Waals surface area contributed by atoms with E-state index in [1.165, 1.54) is 41.9 Å². The highest BCUT2D eigenvalue weighted by molar-refractivity contribution is 7.11. The number of nitrogens with zero attached hydrogens (tertiary/aromatic N) is 1. The number of nitrogens with one attached hydrogen (secondary N) is 1. The van der Waals surface area contributed by atoms with Gasteiger partial charge in [-0.1, -0.05) is 19.3 Å². The molecule has 0 bridgehead atoms. The average Bonchev–Trinajstić information content (AvgIpc) is 2.74. The number of aliphatic imine (C=N–C) groups is 1. The van der Waals surface area contributed by atoms with E-state index in [0.717, 1.165) is 0 Å². The first kappa shape index (κ1) is 12.4. The third-order valence-corrected chi connectivity index (χ3v) is 4.14. The molecule has 94 valence electrons. The smallest absolute Gasteiger partial charge is 0.189 e. The van der Waals surface area contributed by atoms with Crippen molar-refractivity contribution in [2.75, 3.05) is 0 Å². The van der Waals surface area contributed by atoms with E-state index in [0.29, 0.717) is 18.5 Å². The summed E-state index contributed by atoms with van der Waals surface area (Å²) in [5, 5.41) is 3.33. The summed E-state index contributed by atoms with van der Waals surface area (Å²) in [7, 11) is 0. The van der Waals surface area contributed by atoms with Gasteiger partial charge in [-0.2, -0.15) is 0 Å². The fourth-order valence-corrected chi connectivity index (χ4v) is 3.05. The number of guanidine groups is 1. The Morgan fingerprint density at radius 3 is 2.82 bits per heavy atom. The second kappa shape index (κ2) is 6.05. The van der Waals surface area contributed by atoms with Crippen LogP contribution in [0.5, 0.6) is 0 Å². The summed E-state index contributed by atoms with van der Waals surface area (Å²) in [4.78, 5) is 7.00. The molecule has 0 atom stereocenters. The van der Waals surface area contributed by atoms with E-state index in [1.807, 2.05) is 0 Å². The molecule has 1 heterocycles. The standard InChI is InChI=1S/C13H21N3S/c1-10-7-8-12(17-10)9-15-13(14)16-11-5-3-2-4-6-11/h7-8,11H,2-6,9H2,1H3,(H3,14,15,16). The summed E-state index contributed by atoms with van der Waals surface area (Å²) >= 11 is 1.79. The quantitative estimate of drug-likeness (QED) is 0.641. The van der Waals surface area contributed by atoms with Gasteiger partial charge in [0.15, 0.2) is 5.96 Å². The van der Waals surface area contributed by atoms with Crippen LogP contribution in [-0.2, 0) is 6.54 Å². The molecule has 0 spiro atoms. The van der Waals surface area contributed by atoms with Crippen molar-refractivity contribution in [1.82, 2.24) is 5.32 Å². The first-order valence-electron chi connectivity index (χ1n) is 6.36. The van der Waals surface area contributed by atoms with E-state index in [9.17, 15) is 0 Å². The summed E-state index contributed by atoms with van der Waals surface area (Å²) in [6, 6.07) is 4.79. The fourth-order valence-electron chi connectivity index (χ4n) is 2.23. The number of nitrogens with two attached hydrogens (primary N) is 1. The Bertz CT molecular complexity index is 378. The van der Waals surface area contributed by atoms with E-state index in [1.54, 1.807) is 11.3 Å². The number of hydrogen-bond donors (Lipinski definition) is 2. The Labute approximate surface area is 107 Å². The molecule has 4 heteroatoms. The highest BCUT2D eigenvalue weighted by atomic mass is 32.1. The van der Waals surface area contributed by atoms with Gasteiger partial charge >= 0.3 is 0 Å². The van der Waals surface area contributed by atoms with Crippen LogP contribution in [0.2, 0.25) is 0 Å². The van der Waals surface area contributed by atoms with Crippen molar-refractivity contribution in [1.29, 1.82) is 0 Å². The molecule has 2 rings (SSSR count). The van der Waals surface area contributed by atoms with Crippen molar-refractivity contribution in [2.24, 2.45) is 10.7 Å². The zero-order valence-corrected chi connectivity index (χ0v) is 11.2. The lowest BCUT2D eigenvalue weighted by Gasteiger charge is -2.23. The van der Waals surface area contributed by atoms with Gasteiger partial charge in [0.2, 0.25) is 0 Å². The Hall–Kier alpha value is -1.03. The van der Waals surface area contributed by atoms with Crippen LogP contribution >= 0.6 is 11.3 Å². The molecule has 0 radical (unpaired) electrons. The molecule has 0 unspecified atom stereocenters. The maximum absolute atomic E-state index is 5.90. The second-order valence-corrected chi connectivity index (χ2v) is 6.07. The molecule has 0 aliphatic heterocycles. The molecule has 1 fully saturated rings. The topological polar surface area (TPSA) is 50.4 Å². The first-order chi connectivity index (χ1) is 8.24. The third kappa shape index (κ3) is 4.04. The van der Waals surface area contributed by atoms with Gasteiger partial charge in [0, 0.05) is 15.8 Å². The van der Waals surface area contributed by atoms with Gasteiger partial charge in [0.05, 0.1) is 6.54 Å². The molecule has 3 nitrogen and oxygen atoms in total. The van der Waals surface area contributed by atoms with Crippen molar-refractivity contribution in [3.63, 3.8) is 0 Å². The van der Waals surface area contributed by atoms with E-state index >= 15 is 0 Å². The van der Waals surface area contributed by atoms with Gasteiger partial charge in [-0.3, -0.25) is 0 Å². The molecule has 0 aromatic carbocycles. The lowest BCUT2D eigenvalue weighted by molar-refractivity contribution is 0.412. The van der Waals surface area contributed by atoms with Crippen molar-refractivity contribution >= 4 is 17.3 Å². The lowest BCUT2D eigenvalue weighted by atomic mass is 9.96. The van der Waals surface area contributed by atoms with Crippen LogP contribution in [0.25, 0.3) is 0 Å². The molecule has 0 amide bonds. The minimum absolute atomic E-state index is 0.539. The van der Waals surface area contributed by atoms with Crippen LogP contribution < -0.4 is 11.1 Å². The summed E-state index contributed by atoms with van der Waals surface area (Å²) in [6.45, 7) is 2.81. The van der Waals surface area contributed by atoms with Gasteiger partial charge < -0.3 is 11.1 Å². The number of rotatable bonds is 3. The van der Waals surface area contributed by atoms with Crippen LogP contribution in [-0.4, -0.2) is 12.0 Å². The molecule has 17 heavy (non-hydrogen) atoms. The lowest BCUT2D eigenvalue weighted by Crippen LogP contribution is -2.41. The van der Waals surface area contributed by atoms with Crippen LogP contribution in [0.3, 0.4) is 0 Å². The largest absolute Gasteiger partial charge is 0.370 e. The summed E-state index contributed by atoms with van der Waals surface area (Å²) in [5.41, 5.74) is 5.90. The Kier molecular flexibility index (Phi) is 4.42. The third-order valence-electron chi connectivity index (χ3n) is 3.16. The minimum atomic E-state index is 0.539. The predicted molar refractivity (Wildman–Crippen MR) is 74.4 cm³/mol. The monoisotopic (exact) mass is 251 g/mol. The second-order valence-electron chi connectivity index (χ2n) is 4.69. The Morgan fingerprint density at radius 1 is 1.41 bits per heavy atom. The molecule has 1 aliphatic carbocycles. The van der Waals surface area contributed by atoms with Crippen molar-refractivity contribution in [3.05, 3.63) is 21.9 Å². The Morgan fingerprint density at radius 2 is 2.18 bits per heavy atom. The van der Waals surface area contributed by atoms with Crippen LogP contribution in [0.1, 0.15) is 41.9 Å². The minimum Gasteiger partial charge on any atom is -0.370 e. The molecule has 0 saturated heterocycles. The first-order valence-corrected chi connectivity index (χ1v) is 7.17. The number of aryl methyl sites for hydroxylation is 1. The molecular weight excluding hydrogens is 230 g/mol. The van der Waals surface area contributed by atoms with E-state index in [-0.39, 0.29) is 0 Å². The summed E-state index contributed by atoms with van der Waals surface area (Å²) in [5.74, 6) is 0.600. The van der Waals surface area contributed by atoms with Crippen molar-refractivity contribution in [3.8, 4) is 0 Å². The molecular formula is C13H21N3S. The van der Waals surface area contributed by atoms with Crippen LogP contribution in [0.15, 0.2) is 17.1 Å². The highest BCUT2D eigenvalue weighted by Crippen LogP contribution is 2.17. The van der Waals surface area contributed by atoms with Crippen LogP contribution in [0.4, 0.5) is 0 Å². The van der Waals surface area contributed by atoms with E-state index < -0.39 is 0 Å². The van der Waals surface area contributed by atoms with Gasteiger partial charge in [-0.25, -0.2) is 4.99 Å². The normalized spacial score (nSPS) is 18.3. The maximum atomic E-state index is 5.90. The molecule has 1 saturated carbocycles. The molecule has 1 aromatic rings. The van der Waals surface area contributed by atoms with E-state index in [4.69, 9.17) is 5.73 Å². The van der Waals surface area contributed by atoms with Crippen LogP contribution in [0, 0.1) is 6.92 Å². The maximum Gasteiger partial charge on any atom is 0.189 e. The Balaban J connectivity index is 1.80. The molecule has 1 aliphatic rings. The van der Waals surface area contributed by atoms with Gasteiger partial charge in [-0.05, 0) is 31.9 Å². The van der Waals surface area contributed by atoms with Gasteiger partial charge in [-0.15, -0.1) is 11.3 Å². The van der Waals surface area contributed by atoms with E-state index in [2.05, 4.69) is 29.4 Å². The SMILES string of the molecule is Cc1ccc(CN=C(N)NC2CCCCC2)s1. The molecule has 3 N–H and O–H groups in total. The van der Waals surface area contributed by atoms with Gasteiger partial charge in [0.1, 0.15) is 0 Å². The number of hydrogen-bond acceptors (Lipinski definition) is 2. The van der Waals surface area contributed by atoms with Gasteiger partial charge in [0.25, 0.3) is 0 Å². The van der Waals surface area contributed by atoms with Crippen molar-refractivity contribution < 1.29 is 0 Å². The average molecular weight is 251 g/mol. The summed E-state index contributed by atoms with van der Waals surface area (Å²) in [6.07, 6.45) is 6.45. The van der Waals surface area contributed by atoms with Crippen molar-refractivity contribution in [2.45, 2.75) is 51.6 Å². The fraction of sp³-hybridized carbons (Fsp3) is 0.615. The predicted octanol–water partition coefficient (Wildman–Crippen LogP) is 2.79. The molecule has 1 aromatic heterocycles. The zero-order chi connectivity index (χ0) is 12.1. The zero-order valence-electron chi connectivity index (χ0n) is 10.4.